The molecule has 0 N–H and O–H groups in total. The molecule has 126 valence electrons. The molecule has 24 heavy (non-hydrogen) atoms. The van der Waals surface area contributed by atoms with Crippen molar-refractivity contribution in [3.63, 3.8) is 0 Å². The molecule has 1 amide bonds. The summed E-state index contributed by atoms with van der Waals surface area (Å²) in [5.74, 6) is 2.09. The smallest absolute Gasteiger partial charge is 0.241 e. The Kier molecular flexibility index (Phi) is 4.93. The van der Waals surface area contributed by atoms with E-state index in [0.717, 1.165) is 30.8 Å². The minimum atomic E-state index is 0.0962. The van der Waals surface area contributed by atoms with Gasteiger partial charge < -0.3 is 14.4 Å². The Morgan fingerprint density at radius 2 is 2.04 bits per heavy atom. The van der Waals surface area contributed by atoms with Crippen molar-refractivity contribution in [3.8, 4) is 17.4 Å². The van der Waals surface area contributed by atoms with Crippen molar-refractivity contribution in [2.75, 3.05) is 20.2 Å². The summed E-state index contributed by atoms with van der Waals surface area (Å²) >= 11 is 0. The molecule has 1 saturated heterocycles. The average Bonchev–Trinajstić information content (AvgIpc) is 2.62. The molecule has 1 atom stereocenters. The summed E-state index contributed by atoms with van der Waals surface area (Å²) in [7, 11) is 1.62. The van der Waals surface area contributed by atoms with Crippen LogP contribution in [0.2, 0.25) is 0 Å². The lowest BCUT2D eigenvalue weighted by molar-refractivity contribution is -0.130. The highest BCUT2D eigenvalue weighted by atomic mass is 16.5. The van der Waals surface area contributed by atoms with E-state index in [4.69, 9.17) is 9.47 Å². The van der Waals surface area contributed by atoms with Gasteiger partial charge in [-0.3, -0.25) is 9.78 Å². The number of ether oxygens (including phenoxy) is 2. The molecule has 1 aliphatic rings. The Hall–Kier alpha value is -2.63. The zero-order valence-electron chi connectivity index (χ0n) is 13.9. The Bertz CT molecular complexity index is 720. The number of methoxy groups -OCH3 is 1. The van der Waals surface area contributed by atoms with Crippen molar-refractivity contribution in [2.24, 2.45) is 0 Å². The van der Waals surface area contributed by atoms with E-state index < -0.39 is 0 Å². The monoisotopic (exact) mass is 327 g/mol. The van der Waals surface area contributed by atoms with Crippen LogP contribution in [0.15, 0.2) is 36.7 Å². The molecule has 6 heteroatoms. The first-order chi connectivity index (χ1) is 11.7. The van der Waals surface area contributed by atoms with Crippen LogP contribution < -0.4 is 9.47 Å². The summed E-state index contributed by atoms with van der Waals surface area (Å²) < 4.78 is 11.2. The topological polar surface area (TPSA) is 64.6 Å². The standard InChI is InChI=1S/C18H21N3O3/c1-13(22)21-10-4-5-14(12-21)17-18(20-9-8-19-17)24-16-7-3-6-15(11-16)23-2/h3,6-9,11,14H,4-5,10,12H2,1-2H3. The number of piperidine rings is 1. The fourth-order valence-electron chi connectivity index (χ4n) is 2.96. The maximum atomic E-state index is 11.7. The fraction of sp³-hybridized carbons (Fsp3) is 0.389. The first kappa shape index (κ1) is 16.2. The number of rotatable bonds is 4. The van der Waals surface area contributed by atoms with Gasteiger partial charge in [-0.15, -0.1) is 0 Å². The summed E-state index contributed by atoms with van der Waals surface area (Å²) in [5.41, 5.74) is 0.797. The lowest BCUT2D eigenvalue weighted by atomic mass is 9.94. The first-order valence-electron chi connectivity index (χ1n) is 8.05. The molecular weight excluding hydrogens is 306 g/mol. The number of carbonyl (C=O) groups excluding carboxylic acids is 1. The van der Waals surface area contributed by atoms with Crippen molar-refractivity contribution in [3.05, 3.63) is 42.4 Å². The minimum absolute atomic E-state index is 0.0962. The van der Waals surface area contributed by atoms with Crippen molar-refractivity contribution in [2.45, 2.75) is 25.7 Å². The predicted molar refractivity (Wildman–Crippen MR) is 89.3 cm³/mol. The molecule has 0 aliphatic carbocycles. The van der Waals surface area contributed by atoms with Gasteiger partial charge in [-0.25, -0.2) is 4.98 Å². The van der Waals surface area contributed by atoms with Gasteiger partial charge in [0.25, 0.3) is 0 Å². The quantitative estimate of drug-likeness (QED) is 0.864. The van der Waals surface area contributed by atoms with E-state index in [0.29, 0.717) is 18.2 Å². The summed E-state index contributed by atoms with van der Waals surface area (Å²) in [5, 5.41) is 0. The van der Waals surface area contributed by atoms with Crippen LogP contribution in [0.5, 0.6) is 17.4 Å². The highest BCUT2D eigenvalue weighted by molar-refractivity contribution is 5.73. The van der Waals surface area contributed by atoms with Crippen molar-refractivity contribution in [1.82, 2.24) is 14.9 Å². The largest absolute Gasteiger partial charge is 0.497 e. The second kappa shape index (κ2) is 7.29. The number of benzene rings is 1. The van der Waals surface area contributed by atoms with Gasteiger partial charge in [0.15, 0.2) is 0 Å². The van der Waals surface area contributed by atoms with Crippen LogP contribution in [0.4, 0.5) is 0 Å². The number of hydrogen-bond donors (Lipinski definition) is 0. The third-order valence-electron chi connectivity index (χ3n) is 4.20. The van der Waals surface area contributed by atoms with E-state index >= 15 is 0 Å². The zero-order valence-corrected chi connectivity index (χ0v) is 13.9. The van der Waals surface area contributed by atoms with Gasteiger partial charge in [0, 0.05) is 44.4 Å². The van der Waals surface area contributed by atoms with Crippen molar-refractivity contribution >= 4 is 5.91 Å². The second-order valence-corrected chi connectivity index (χ2v) is 5.83. The van der Waals surface area contributed by atoms with Crippen LogP contribution >= 0.6 is 0 Å². The number of amides is 1. The summed E-state index contributed by atoms with van der Waals surface area (Å²) in [4.78, 5) is 22.3. The van der Waals surface area contributed by atoms with E-state index in [1.807, 2.05) is 23.1 Å². The first-order valence-corrected chi connectivity index (χ1v) is 8.05. The van der Waals surface area contributed by atoms with E-state index in [9.17, 15) is 4.79 Å². The van der Waals surface area contributed by atoms with Crippen LogP contribution in [-0.2, 0) is 4.79 Å². The zero-order chi connectivity index (χ0) is 16.9. The SMILES string of the molecule is COc1cccc(Oc2nccnc2C2CCCN(C(C)=O)C2)c1. The number of hydrogen-bond acceptors (Lipinski definition) is 5. The third kappa shape index (κ3) is 3.64. The molecule has 0 saturated carbocycles. The molecule has 1 unspecified atom stereocenters. The van der Waals surface area contributed by atoms with Gasteiger partial charge in [0.1, 0.15) is 17.2 Å². The van der Waals surface area contributed by atoms with Crippen molar-refractivity contribution < 1.29 is 14.3 Å². The van der Waals surface area contributed by atoms with Gasteiger partial charge in [-0.1, -0.05) is 6.07 Å². The maximum Gasteiger partial charge on any atom is 0.241 e. The van der Waals surface area contributed by atoms with Crippen LogP contribution in [0, 0.1) is 0 Å². The van der Waals surface area contributed by atoms with Crippen LogP contribution in [0.1, 0.15) is 31.4 Å². The van der Waals surface area contributed by atoms with E-state index in [1.54, 1.807) is 32.5 Å². The van der Waals surface area contributed by atoms with Crippen LogP contribution in [0.3, 0.4) is 0 Å². The molecule has 0 bridgehead atoms. The number of carbonyl (C=O) groups is 1. The van der Waals surface area contributed by atoms with Gasteiger partial charge in [-0.2, -0.15) is 0 Å². The van der Waals surface area contributed by atoms with Gasteiger partial charge in [0.2, 0.25) is 11.8 Å². The number of likely N-dealkylation sites (tertiary alicyclic amines) is 1. The molecule has 0 radical (unpaired) electrons. The lowest BCUT2D eigenvalue weighted by Crippen LogP contribution is -2.38. The molecule has 0 spiro atoms. The van der Waals surface area contributed by atoms with Gasteiger partial charge in [0.05, 0.1) is 7.11 Å². The molecule has 2 heterocycles. The van der Waals surface area contributed by atoms with Crippen LogP contribution in [0.25, 0.3) is 0 Å². The molecule has 1 aliphatic heterocycles. The van der Waals surface area contributed by atoms with E-state index in [1.165, 1.54) is 0 Å². The molecule has 1 aromatic heterocycles. The predicted octanol–water partition coefficient (Wildman–Crippen LogP) is 3.00. The molecule has 3 rings (SSSR count). The Morgan fingerprint density at radius 1 is 1.25 bits per heavy atom. The molecule has 1 fully saturated rings. The normalized spacial score (nSPS) is 17.4. The van der Waals surface area contributed by atoms with Crippen molar-refractivity contribution in [1.29, 1.82) is 0 Å². The maximum absolute atomic E-state index is 11.7. The van der Waals surface area contributed by atoms with E-state index in [-0.39, 0.29) is 11.8 Å². The third-order valence-corrected chi connectivity index (χ3v) is 4.20. The van der Waals surface area contributed by atoms with Gasteiger partial charge in [-0.05, 0) is 25.0 Å². The van der Waals surface area contributed by atoms with Gasteiger partial charge >= 0.3 is 0 Å². The Labute approximate surface area is 141 Å². The molecule has 2 aromatic rings. The molecular formula is C18H21N3O3. The highest BCUT2D eigenvalue weighted by Crippen LogP contribution is 2.33. The Morgan fingerprint density at radius 3 is 2.83 bits per heavy atom. The summed E-state index contributed by atoms with van der Waals surface area (Å²) in [6.45, 7) is 3.06. The average molecular weight is 327 g/mol. The lowest BCUT2D eigenvalue weighted by Gasteiger charge is -2.32. The van der Waals surface area contributed by atoms with Crippen LogP contribution in [-0.4, -0.2) is 41.0 Å². The fourth-order valence-corrected chi connectivity index (χ4v) is 2.96. The number of aromatic nitrogens is 2. The Balaban J connectivity index is 1.83. The molecule has 6 nitrogen and oxygen atoms in total. The summed E-state index contributed by atoms with van der Waals surface area (Å²) in [6.07, 6.45) is 5.21. The molecule has 1 aromatic carbocycles. The highest BCUT2D eigenvalue weighted by Gasteiger charge is 2.27. The number of nitrogens with zero attached hydrogens (tertiary/aromatic N) is 3. The summed E-state index contributed by atoms with van der Waals surface area (Å²) in [6, 6.07) is 7.38. The second-order valence-electron chi connectivity index (χ2n) is 5.83. The van der Waals surface area contributed by atoms with E-state index in [2.05, 4.69) is 9.97 Å². The minimum Gasteiger partial charge on any atom is -0.497 e.